The molecule has 29 heavy (non-hydrogen) atoms. The molecule has 1 aliphatic heterocycles. The van der Waals surface area contributed by atoms with Gasteiger partial charge in [-0.25, -0.2) is 0 Å². The SMILES string of the molecule is COc1ccc(C[NH+]2CCN(C(=O)CCc3cc(OC)cc(OC)c3)CC2)cc1. The van der Waals surface area contributed by atoms with E-state index >= 15 is 0 Å². The van der Waals surface area contributed by atoms with Gasteiger partial charge in [-0.1, -0.05) is 0 Å². The summed E-state index contributed by atoms with van der Waals surface area (Å²) >= 11 is 0. The lowest BCUT2D eigenvalue weighted by atomic mass is 10.1. The summed E-state index contributed by atoms with van der Waals surface area (Å²) in [7, 11) is 4.95. The van der Waals surface area contributed by atoms with Crippen molar-refractivity contribution < 1.29 is 23.9 Å². The van der Waals surface area contributed by atoms with Gasteiger partial charge in [0.05, 0.1) is 47.5 Å². The van der Waals surface area contributed by atoms with Crippen molar-refractivity contribution in [3.05, 3.63) is 53.6 Å². The van der Waals surface area contributed by atoms with Crippen LogP contribution in [-0.2, 0) is 17.8 Å². The van der Waals surface area contributed by atoms with Crippen molar-refractivity contribution in [2.24, 2.45) is 0 Å². The molecule has 0 spiro atoms. The molecule has 2 aromatic rings. The number of aryl methyl sites for hydroxylation is 1. The van der Waals surface area contributed by atoms with Gasteiger partial charge in [-0.05, 0) is 48.4 Å². The minimum atomic E-state index is 0.218. The molecule has 6 nitrogen and oxygen atoms in total. The Hall–Kier alpha value is -2.73. The number of methoxy groups -OCH3 is 3. The Morgan fingerprint density at radius 1 is 0.862 bits per heavy atom. The summed E-state index contributed by atoms with van der Waals surface area (Å²) < 4.78 is 15.8. The molecule has 0 saturated carbocycles. The highest BCUT2D eigenvalue weighted by Crippen LogP contribution is 2.23. The van der Waals surface area contributed by atoms with Crippen LogP contribution in [0.25, 0.3) is 0 Å². The number of ether oxygens (including phenoxy) is 3. The Balaban J connectivity index is 1.46. The van der Waals surface area contributed by atoms with Gasteiger partial charge in [0.15, 0.2) is 0 Å². The zero-order chi connectivity index (χ0) is 20.6. The molecule has 0 atom stereocenters. The first kappa shape index (κ1) is 21.0. The number of carbonyl (C=O) groups is 1. The van der Waals surface area contributed by atoms with Gasteiger partial charge in [-0.2, -0.15) is 0 Å². The number of nitrogens with zero attached hydrogens (tertiary/aromatic N) is 1. The second kappa shape index (κ2) is 10.2. The topological polar surface area (TPSA) is 52.4 Å². The van der Waals surface area contributed by atoms with Crippen molar-refractivity contribution in [1.82, 2.24) is 4.90 Å². The Morgan fingerprint density at radius 2 is 1.45 bits per heavy atom. The summed E-state index contributed by atoms with van der Waals surface area (Å²) in [5.74, 6) is 2.60. The van der Waals surface area contributed by atoms with Crippen LogP contribution in [-0.4, -0.2) is 58.3 Å². The van der Waals surface area contributed by atoms with Gasteiger partial charge in [0.25, 0.3) is 0 Å². The summed E-state index contributed by atoms with van der Waals surface area (Å²) in [5.41, 5.74) is 2.35. The van der Waals surface area contributed by atoms with Crippen molar-refractivity contribution >= 4 is 5.91 Å². The maximum atomic E-state index is 12.7. The zero-order valence-corrected chi connectivity index (χ0v) is 17.6. The molecule has 1 aliphatic rings. The predicted octanol–water partition coefficient (Wildman–Crippen LogP) is 1.57. The molecule has 1 fully saturated rings. The minimum absolute atomic E-state index is 0.218. The molecule has 0 aromatic heterocycles. The monoisotopic (exact) mass is 399 g/mol. The highest BCUT2D eigenvalue weighted by molar-refractivity contribution is 5.76. The van der Waals surface area contributed by atoms with E-state index in [2.05, 4.69) is 12.1 Å². The predicted molar refractivity (Wildman–Crippen MR) is 112 cm³/mol. The number of hydrogen-bond donors (Lipinski definition) is 1. The van der Waals surface area contributed by atoms with Crippen LogP contribution in [0.15, 0.2) is 42.5 Å². The Morgan fingerprint density at radius 3 is 2.00 bits per heavy atom. The first-order valence-electron chi connectivity index (χ1n) is 10.1. The summed E-state index contributed by atoms with van der Waals surface area (Å²) in [6, 6.07) is 14.0. The van der Waals surface area contributed by atoms with Crippen LogP contribution in [0, 0.1) is 0 Å². The van der Waals surface area contributed by atoms with Crippen molar-refractivity contribution in [3.8, 4) is 17.2 Å². The van der Waals surface area contributed by atoms with E-state index in [0.29, 0.717) is 12.8 Å². The van der Waals surface area contributed by atoms with E-state index in [1.807, 2.05) is 35.2 Å². The lowest BCUT2D eigenvalue weighted by Crippen LogP contribution is -3.13. The van der Waals surface area contributed by atoms with Crippen LogP contribution < -0.4 is 19.1 Å². The summed E-state index contributed by atoms with van der Waals surface area (Å²) in [6.07, 6.45) is 1.19. The van der Waals surface area contributed by atoms with E-state index < -0.39 is 0 Å². The Labute approximate surface area is 173 Å². The van der Waals surface area contributed by atoms with Crippen molar-refractivity contribution in [2.75, 3.05) is 47.5 Å². The normalized spacial score (nSPS) is 14.5. The molecule has 6 heteroatoms. The molecule has 156 valence electrons. The van der Waals surface area contributed by atoms with Gasteiger partial charge in [0.1, 0.15) is 23.8 Å². The fraction of sp³-hybridized carbons (Fsp3) is 0.435. The first-order valence-corrected chi connectivity index (χ1v) is 10.1. The van der Waals surface area contributed by atoms with Gasteiger partial charge in [-0.3, -0.25) is 4.79 Å². The fourth-order valence-electron chi connectivity index (χ4n) is 3.70. The van der Waals surface area contributed by atoms with Gasteiger partial charge in [-0.15, -0.1) is 0 Å². The quantitative estimate of drug-likeness (QED) is 0.732. The van der Waals surface area contributed by atoms with E-state index in [-0.39, 0.29) is 5.91 Å². The Bertz CT molecular complexity index is 777. The second-order valence-electron chi connectivity index (χ2n) is 7.38. The van der Waals surface area contributed by atoms with Crippen LogP contribution >= 0.6 is 0 Å². The molecule has 2 aromatic carbocycles. The van der Waals surface area contributed by atoms with Crippen molar-refractivity contribution in [3.63, 3.8) is 0 Å². The molecule has 1 heterocycles. The van der Waals surface area contributed by atoms with E-state index in [1.165, 1.54) is 10.5 Å². The van der Waals surface area contributed by atoms with Crippen LogP contribution in [0.2, 0.25) is 0 Å². The molecule has 1 N–H and O–H groups in total. The van der Waals surface area contributed by atoms with E-state index in [9.17, 15) is 4.79 Å². The molecule has 0 aliphatic carbocycles. The van der Waals surface area contributed by atoms with E-state index in [4.69, 9.17) is 14.2 Å². The summed E-state index contributed by atoms with van der Waals surface area (Å²) in [4.78, 5) is 16.2. The smallest absolute Gasteiger partial charge is 0.223 e. The number of rotatable bonds is 8. The second-order valence-corrected chi connectivity index (χ2v) is 7.38. The molecule has 0 radical (unpaired) electrons. The maximum Gasteiger partial charge on any atom is 0.223 e. The van der Waals surface area contributed by atoms with Gasteiger partial charge in [0.2, 0.25) is 5.91 Å². The molecule has 0 unspecified atom stereocenters. The largest absolute Gasteiger partial charge is 0.497 e. The van der Waals surface area contributed by atoms with Crippen molar-refractivity contribution in [1.29, 1.82) is 0 Å². The van der Waals surface area contributed by atoms with Crippen molar-refractivity contribution in [2.45, 2.75) is 19.4 Å². The highest BCUT2D eigenvalue weighted by atomic mass is 16.5. The van der Waals surface area contributed by atoms with E-state index in [0.717, 1.165) is 55.5 Å². The number of piperazine rings is 1. The minimum Gasteiger partial charge on any atom is -0.497 e. The zero-order valence-electron chi connectivity index (χ0n) is 17.6. The number of carbonyl (C=O) groups excluding carboxylic acids is 1. The number of benzene rings is 2. The van der Waals surface area contributed by atoms with Crippen LogP contribution in [0.1, 0.15) is 17.5 Å². The third-order valence-electron chi connectivity index (χ3n) is 5.48. The molecule has 1 saturated heterocycles. The van der Waals surface area contributed by atoms with Gasteiger partial charge < -0.3 is 24.0 Å². The molecular weight excluding hydrogens is 368 g/mol. The lowest BCUT2D eigenvalue weighted by molar-refractivity contribution is -0.917. The van der Waals surface area contributed by atoms with Gasteiger partial charge >= 0.3 is 0 Å². The third-order valence-corrected chi connectivity index (χ3v) is 5.48. The summed E-state index contributed by atoms with van der Waals surface area (Å²) in [6.45, 7) is 4.56. The first-order chi connectivity index (χ1) is 14.1. The maximum absolute atomic E-state index is 12.7. The molecule has 0 bridgehead atoms. The Kier molecular flexibility index (Phi) is 7.36. The summed E-state index contributed by atoms with van der Waals surface area (Å²) in [5, 5.41) is 0. The van der Waals surface area contributed by atoms with Crippen LogP contribution in [0.4, 0.5) is 0 Å². The van der Waals surface area contributed by atoms with E-state index in [1.54, 1.807) is 21.3 Å². The highest BCUT2D eigenvalue weighted by Gasteiger charge is 2.23. The van der Waals surface area contributed by atoms with Gasteiger partial charge in [0, 0.05) is 18.1 Å². The lowest BCUT2D eigenvalue weighted by Gasteiger charge is -2.32. The fourth-order valence-corrected chi connectivity index (χ4v) is 3.70. The standard InChI is InChI=1S/C23H30N2O4/c1-27-20-7-4-18(5-8-20)17-24-10-12-25(13-11-24)23(26)9-6-19-14-21(28-2)16-22(15-19)29-3/h4-5,7-8,14-16H,6,9-13,17H2,1-3H3/p+1. The molecule has 3 rings (SSSR count). The average molecular weight is 400 g/mol. The number of hydrogen-bond acceptors (Lipinski definition) is 4. The number of nitrogens with one attached hydrogen (secondary N) is 1. The molecular formula is C23H31N2O4+. The van der Waals surface area contributed by atoms with Crippen LogP contribution in [0.5, 0.6) is 17.2 Å². The number of amides is 1. The van der Waals surface area contributed by atoms with Crippen LogP contribution in [0.3, 0.4) is 0 Å². The third kappa shape index (κ3) is 5.87. The number of quaternary nitrogens is 1. The molecule has 1 amide bonds. The average Bonchev–Trinajstić information content (AvgIpc) is 2.78.